The highest BCUT2D eigenvalue weighted by molar-refractivity contribution is 6.24. The van der Waals surface area contributed by atoms with Gasteiger partial charge < -0.3 is 30.7 Å². The Kier molecular flexibility index (Phi) is 5.93. The van der Waals surface area contributed by atoms with Crippen molar-refractivity contribution >= 4 is 23.2 Å². The Morgan fingerprint density at radius 2 is 1.94 bits per heavy atom. The van der Waals surface area contributed by atoms with Crippen LogP contribution in [0.3, 0.4) is 0 Å². The van der Waals surface area contributed by atoms with Gasteiger partial charge in [-0.15, -0.1) is 0 Å². The predicted octanol–water partition coefficient (Wildman–Crippen LogP) is 2.12. The quantitative estimate of drug-likeness (QED) is 0.365. The van der Waals surface area contributed by atoms with E-state index in [9.17, 15) is 29.7 Å². The van der Waals surface area contributed by atoms with Gasteiger partial charge in [0, 0.05) is 37.7 Å². The number of aliphatic hydroxyl groups is 3. The van der Waals surface area contributed by atoms with E-state index < -0.39 is 52.0 Å². The van der Waals surface area contributed by atoms with Crippen molar-refractivity contribution < 1.29 is 34.4 Å². The zero-order valence-electron chi connectivity index (χ0n) is 19.6. The molecule has 0 aliphatic heterocycles. The number of hydrogen-bond acceptors (Lipinski definition) is 8. The second kappa shape index (κ2) is 8.47. The lowest BCUT2D eigenvalue weighted by molar-refractivity contribution is -0.144. The fourth-order valence-corrected chi connectivity index (χ4v) is 5.46. The van der Waals surface area contributed by atoms with Crippen molar-refractivity contribution in [2.24, 2.45) is 17.6 Å². The Labute approximate surface area is 197 Å². The molecule has 0 heterocycles. The van der Waals surface area contributed by atoms with Crippen molar-refractivity contribution in [3.63, 3.8) is 0 Å². The predicted molar refractivity (Wildman–Crippen MR) is 124 cm³/mol. The molecule has 3 aliphatic rings. The van der Waals surface area contributed by atoms with Crippen LogP contribution in [0.1, 0.15) is 48.5 Å². The number of carbonyl (C=O) groups excluding carboxylic acids is 3. The fraction of sp³-hybridized carbons (Fsp3) is 0.480. The molecule has 182 valence electrons. The van der Waals surface area contributed by atoms with Crippen molar-refractivity contribution in [3.8, 4) is 5.75 Å². The molecule has 9 nitrogen and oxygen atoms in total. The number of anilines is 1. The molecule has 1 aromatic carbocycles. The highest BCUT2D eigenvalue weighted by Gasteiger charge is 2.59. The molecule has 0 saturated heterocycles. The van der Waals surface area contributed by atoms with E-state index in [0.29, 0.717) is 24.3 Å². The van der Waals surface area contributed by atoms with Crippen LogP contribution in [0, 0.1) is 11.8 Å². The molecular formula is C25H30N2O7. The molecule has 1 aromatic rings. The van der Waals surface area contributed by atoms with Gasteiger partial charge in [-0.1, -0.05) is 13.3 Å². The van der Waals surface area contributed by atoms with Crippen LogP contribution in [0.25, 0.3) is 0 Å². The highest BCUT2D eigenvalue weighted by Crippen LogP contribution is 2.52. The number of Topliss-reactive ketones (excluding diaryl/α,β-unsaturated/α-hetero) is 2. The van der Waals surface area contributed by atoms with Crippen molar-refractivity contribution in [1.82, 2.24) is 0 Å². The highest BCUT2D eigenvalue weighted by atomic mass is 16.5. The van der Waals surface area contributed by atoms with Crippen LogP contribution >= 0.6 is 0 Å². The summed E-state index contributed by atoms with van der Waals surface area (Å²) in [6.07, 6.45) is 2.05. The van der Waals surface area contributed by atoms with E-state index in [1.165, 1.54) is 0 Å². The van der Waals surface area contributed by atoms with Crippen LogP contribution in [-0.4, -0.2) is 59.1 Å². The molecule has 0 radical (unpaired) electrons. The molecule has 5 N–H and O–H groups in total. The second-order valence-corrected chi connectivity index (χ2v) is 9.44. The second-order valence-electron chi connectivity index (χ2n) is 9.44. The number of carbonyl (C=O) groups is 3. The van der Waals surface area contributed by atoms with Crippen molar-refractivity contribution in [1.29, 1.82) is 0 Å². The lowest BCUT2D eigenvalue weighted by Crippen LogP contribution is -2.57. The minimum atomic E-state index is -2.50. The van der Waals surface area contributed by atoms with Gasteiger partial charge in [0.05, 0.1) is 12.2 Å². The van der Waals surface area contributed by atoms with Gasteiger partial charge in [0.25, 0.3) is 5.91 Å². The smallest absolute Gasteiger partial charge is 0.255 e. The number of fused-ring (bicyclic) bond motifs is 3. The number of benzene rings is 1. The summed E-state index contributed by atoms with van der Waals surface area (Å²) in [6.45, 7) is 2.45. The maximum atomic E-state index is 13.8. The Balaban J connectivity index is 1.87. The summed E-state index contributed by atoms with van der Waals surface area (Å²) in [5, 5.41) is 32.8. The van der Waals surface area contributed by atoms with Crippen LogP contribution in [0.15, 0.2) is 34.8 Å². The van der Waals surface area contributed by atoms with Crippen LogP contribution in [0.5, 0.6) is 5.75 Å². The van der Waals surface area contributed by atoms with Gasteiger partial charge in [-0.05, 0) is 42.9 Å². The first-order chi connectivity index (χ1) is 16.0. The Hall–Kier alpha value is -3.33. The van der Waals surface area contributed by atoms with Gasteiger partial charge in [-0.25, -0.2) is 0 Å². The minimum absolute atomic E-state index is 0.0546. The first-order valence-corrected chi connectivity index (χ1v) is 11.5. The largest absolute Gasteiger partial charge is 0.511 e. The van der Waals surface area contributed by atoms with E-state index in [0.717, 1.165) is 24.1 Å². The van der Waals surface area contributed by atoms with Crippen LogP contribution < -0.4 is 15.4 Å². The monoisotopic (exact) mass is 470 g/mol. The zero-order chi connectivity index (χ0) is 24.9. The molecule has 0 aromatic heterocycles. The number of nitrogens with zero attached hydrogens (tertiary/aromatic N) is 1. The molecular weight excluding hydrogens is 440 g/mol. The van der Waals surface area contributed by atoms with E-state index in [1.54, 1.807) is 6.07 Å². The summed E-state index contributed by atoms with van der Waals surface area (Å²) in [5.41, 5.74) is 3.86. The van der Waals surface area contributed by atoms with Crippen LogP contribution in [-0.2, 0) is 16.0 Å². The summed E-state index contributed by atoms with van der Waals surface area (Å²) in [5.74, 6) is -5.17. The van der Waals surface area contributed by atoms with Gasteiger partial charge in [0.1, 0.15) is 22.8 Å². The average molecular weight is 471 g/mol. The minimum Gasteiger partial charge on any atom is -0.511 e. The SMILES string of the molecule is CCCCOc1ccc(N(C)C)c2c1C(=O)C1=C(O)[C@]3(O)C(=O)C(C(N)=O)=C(O)C[C@@H]3C[C@@H]1C2. The summed E-state index contributed by atoms with van der Waals surface area (Å²) in [4.78, 5) is 40.5. The van der Waals surface area contributed by atoms with Gasteiger partial charge in [-0.2, -0.15) is 0 Å². The summed E-state index contributed by atoms with van der Waals surface area (Å²) < 4.78 is 5.91. The Morgan fingerprint density at radius 1 is 1.24 bits per heavy atom. The molecule has 1 amide bonds. The van der Waals surface area contributed by atoms with E-state index in [2.05, 4.69) is 0 Å². The fourth-order valence-electron chi connectivity index (χ4n) is 5.46. The number of allylic oxidation sites excluding steroid dienone is 2. The van der Waals surface area contributed by atoms with Crippen LogP contribution in [0.4, 0.5) is 5.69 Å². The third-order valence-electron chi connectivity index (χ3n) is 7.14. The number of hydrogen-bond donors (Lipinski definition) is 4. The number of primary amides is 1. The normalized spacial score (nSPS) is 26.1. The number of aliphatic hydroxyl groups excluding tert-OH is 2. The topological polar surface area (TPSA) is 150 Å². The standard InChI is InChI=1S/C25H30N2O7/c1-4-5-8-34-17-7-6-15(27(2)3)14-10-12-9-13-11-16(28)20(24(26)32)23(31)25(13,33)22(30)18(12)21(29)19(14)17/h6-7,12-13,28,30,33H,4-5,8-11H2,1-3H3,(H2,26,32)/t12-,13+,25+/m1/s1. The molecule has 34 heavy (non-hydrogen) atoms. The van der Waals surface area contributed by atoms with Gasteiger partial charge in [0.15, 0.2) is 11.4 Å². The van der Waals surface area contributed by atoms with Crippen molar-refractivity contribution in [2.45, 2.75) is 44.6 Å². The summed E-state index contributed by atoms with van der Waals surface area (Å²) >= 11 is 0. The Bertz CT molecular complexity index is 1150. The number of rotatable bonds is 6. The van der Waals surface area contributed by atoms with Gasteiger partial charge >= 0.3 is 0 Å². The first-order valence-electron chi connectivity index (χ1n) is 11.5. The lowest BCUT2D eigenvalue weighted by atomic mass is 9.60. The molecule has 3 aliphatic carbocycles. The number of ether oxygens (including phenoxy) is 1. The van der Waals surface area contributed by atoms with Gasteiger partial charge in [0.2, 0.25) is 5.78 Å². The summed E-state index contributed by atoms with van der Waals surface area (Å²) in [6, 6.07) is 3.61. The number of unbranched alkanes of at least 4 members (excludes halogenated alkanes) is 1. The third-order valence-corrected chi connectivity index (χ3v) is 7.14. The molecule has 0 fully saturated rings. The third kappa shape index (κ3) is 3.37. The molecule has 9 heteroatoms. The molecule has 0 spiro atoms. The van der Waals surface area contributed by atoms with E-state index in [-0.39, 0.29) is 18.4 Å². The molecule has 3 atom stereocenters. The van der Waals surface area contributed by atoms with Crippen molar-refractivity contribution in [2.75, 3.05) is 25.6 Å². The number of amides is 1. The molecule has 4 rings (SSSR count). The molecule has 0 bridgehead atoms. The number of ketones is 2. The summed E-state index contributed by atoms with van der Waals surface area (Å²) in [7, 11) is 3.74. The van der Waals surface area contributed by atoms with E-state index in [1.807, 2.05) is 32.0 Å². The Morgan fingerprint density at radius 3 is 2.56 bits per heavy atom. The van der Waals surface area contributed by atoms with Gasteiger partial charge in [-0.3, -0.25) is 14.4 Å². The maximum Gasteiger partial charge on any atom is 0.255 e. The van der Waals surface area contributed by atoms with E-state index in [4.69, 9.17) is 10.5 Å². The number of nitrogens with two attached hydrogens (primary N) is 1. The first kappa shape index (κ1) is 23.8. The molecule has 0 saturated carbocycles. The maximum absolute atomic E-state index is 13.8. The van der Waals surface area contributed by atoms with E-state index >= 15 is 0 Å². The zero-order valence-corrected chi connectivity index (χ0v) is 19.6. The molecule has 0 unspecified atom stereocenters. The average Bonchev–Trinajstić information content (AvgIpc) is 2.76. The van der Waals surface area contributed by atoms with Crippen LogP contribution in [0.2, 0.25) is 0 Å². The van der Waals surface area contributed by atoms with Crippen molar-refractivity contribution in [3.05, 3.63) is 45.9 Å². The lowest BCUT2D eigenvalue weighted by Gasteiger charge is -2.46.